The number of benzene rings is 2. The Balaban J connectivity index is 1.88. The van der Waals surface area contributed by atoms with Crippen LogP contribution in [0.25, 0.3) is 0 Å². The molecule has 2 aromatic carbocycles. The van der Waals surface area contributed by atoms with Gasteiger partial charge < -0.3 is 9.16 Å². The number of fused-ring (bicyclic) bond motifs is 1. The molecule has 4 rings (SSSR count). The number of hydrogen-bond acceptors (Lipinski definition) is 3. The lowest BCUT2D eigenvalue weighted by molar-refractivity contribution is -0.149. The van der Waals surface area contributed by atoms with Crippen molar-refractivity contribution in [3.05, 3.63) is 60.7 Å². The van der Waals surface area contributed by atoms with Crippen molar-refractivity contribution in [1.82, 2.24) is 0 Å². The van der Waals surface area contributed by atoms with Gasteiger partial charge in [0.1, 0.15) is 0 Å². The average molecular weight is 409 g/mol. The molecule has 0 aromatic heterocycles. The van der Waals surface area contributed by atoms with Crippen LogP contribution in [0.15, 0.2) is 60.7 Å². The smallest absolute Gasteiger partial charge is 0.311 e. The molecule has 0 aliphatic heterocycles. The Kier molecular flexibility index (Phi) is 4.99. The second kappa shape index (κ2) is 7.10. The number of hydrogen-bond donors (Lipinski definition) is 0. The van der Waals surface area contributed by atoms with Crippen molar-refractivity contribution < 1.29 is 14.0 Å². The molecule has 0 spiro atoms. The van der Waals surface area contributed by atoms with E-state index in [0.29, 0.717) is 5.92 Å². The normalized spacial score (nSPS) is 28.7. The van der Waals surface area contributed by atoms with Crippen LogP contribution in [0.1, 0.15) is 40.5 Å². The van der Waals surface area contributed by atoms with Crippen LogP contribution in [-0.4, -0.2) is 27.5 Å². The lowest BCUT2D eigenvalue weighted by Gasteiger charge is -2.46. The molecule has 2 aliphatic carbocycles. The summed E-state index contributed by atoms with van der Waals surface area (Å²) in [5.74, 6) is 0.265. The molecule has 4 heteroatoms. The molecule has 2 saturated carbocycles. The number of esters is 1. The van der Waals surface area contributed by atoms with Crippen molar-refractivity contribution in [3.63, 3.8) is 0 Å². The second-order valence-corrected chi connectivity index (χ2v) is 14.2. The van der Waals surface area contributed by atoms with Gasteiger partial charge in [0.15, 0.2) is 0 Å². The molecule has 2 aliphatic rings. The topological polar surface area (TPSA) is 35.5 Å². The summed E-state index contributed by atoms with van der Waals surface area (Å²) in [6, 6.07) is 21.3. The van der Waals surface area contributed by atoms with Crippen LogP contribution in [0.3, 0.4) is 0 Å². The largest absolute Gasteiger partial charge is 0.469 e. The Morgan fingerprint density at radius 2 is 1.52 bits per heavy atom. The molecule has 0 radical (unpaired) electrons. The van der Waals surface area contributed by atoms with Crippen LogP contribution in [0.2, 0.25) is 5.04 Å². The fraction of sp³-hybridized carbons (Fsp3) is 0.480. The molecule has 2 fully saturated rings. The Hall–Kier alpha value is -1.91. The lowest BCUT2D eigenvalue weighted by atomic mass is 9.95. The van der Waals surface area contributed by atoms with E-state index in [1.54, 1.807) is 0 Å². The first-order valence-corrected chi connectivity index (χ1v) is 12.5. The van der Waals surface area contributed by atoms with Crippen LogP contribution in [-0.2, 0) is 14.0 Å². The molecular formula is C25H32O3Si. The minimum Gasteiger partial charge on any atom is -0.469 e. The van der Waals surface area contributed by atoms with Crippen molar-refractivity contribution >= 4 is 24.7 Å². The van der Waals surface area contributed by atoms with Crippen LogP contribution in [0.5, 0.6) is 0 Å². The van der Waals surface area contributed by atoms with Crippen LogP contribution in [0.4, 0.5) is 0 Å². The SMILES string of the molecule is COC(=O)[C@@H]1CC2C[C@@]2(C)[C@H]1O[Si](c1ccccc1)(c1ccccc1)C(C)(C)C. The third-order valence-corrected chi connectivity index (χ3v) is 12.2. The van der Waals surface area contributed by atoms with E-state index in [2.05, 4.69) is 88.4 Å². The summed E-state index contributed by atoms with van der Waals surface area (Å²) in [5, 5.41) is 2.42. The van der Waals surface area contributed by atoms with Gasteiger partial charge in [0.05, 0.1) is 19.1 Å². The zero-order chi connectivity index (χ0) is 20.9. The zero-order valence-electron chi connectivity index (χ0n) is 18.1. The molecule has 0 N–H and O–H groups in total. The highest BCUT2D eigenvalue weighted by Gasteiger charge is 2.68. The second-order valence-electron chi connectivity index (χ2n) is 9.97. The summed E-state index contributed by atoms with van der Waals surface area (Å²) < 4.78 is 12.6. The van der Waals surface area contributed by atoms with E-state index in [1.807, 2.05) is 0 Å². The predicted octanol–water partition coefficient (Wildman–Crippen LogP) is 4.15. The van der Waals surface area contributed by atoms with Crippen molar-refractivity contribution in [2.75, 3.05) is 7.11 Å². The summed E-state index contributed by atoms with van der Waals surface area (Å²) in [6.45, 7) is 9.15. The Morgan fingerprint density at radius 3 is 1.97 bits per heavy atom. The molecule has 0 amide bonds. The van der Waals surface area contributed by atoms with Gasteiger partial charge >= 0.3 is 5.97 Å². The fourth-order valence-corrected chi connectivity index (χ4v) is 10.4. The molecule has 3 nitrogen and oxygen atoms in total. The molecule has 2 aromatic rings. The number of methoxy groups -OCH3 is 1. The number of rotatable bonds is 5. The Morgan fingerprint density at radius 1 is 1.00 bits per heavy atom. The van der Waals surface area contributed by atoms with E-state index < -0.39 is 8.32 Å². The summed E-state index contributed by atoms with van der Waals surface area (Å²) >= 11 is 0. The summed E-state index contributed by atoms with van der Waals surface area (Å²) in [5.41, 5.74) is 0.0753. The van der Waals surface area contributed by atoms with Crippen molar-refractivity contribution in [1.29, 1.82) is 0 Å². The highest BCUT2D eigenvalue weighted by atomic mass is 28.4. The minimum atomic E-state index is -2.68. The van der Waals surface area contributed by atoms with E-state index in [9.17, 15) is 4.79 Å². The van der Waals surface area contributed by atoms with Crippen LogP contribution >= 0.6 is 0 Å². The highest BCUT2D eigenvalue weighted by molar-refractivity contribution is 6.99. The third-order valence-electron chi connectivity index (χ3n) is 7.24. The fourth-order valence-electron chi connectivity index (χ4n) is 5.53. The zero-order valence-corrected chi connectivity index (χ0v) is 19.1. The van der Waals surface area contributed by atoms with Gasteiger partial charge in [-0.05, 0) is 39.6 Å². The lowest BCUT2D eigenvalue weighted by Crippen LogP contribution is -2.68. The molecule has 0 heterocycles. The van der Waals surface area contributed by atoms with Gasteiger partial charge in [0, 0.05) is 0 Å². The van der Waals surface area contributed by atoms with Gasteiger partial charge in [0.25, 0.3) is 8.32 Å². The van der Waals surface area contributed by atoms with Crippen LogP contribution < -0.4 is 10.4 Å². The van der Waals surface area contributed by atoms with Gasteiger partial charge in [-0.1, -0.05) is 88.4 Å². The summed E-state index contributed by atoms with van der Waals surface area (Å²) in [4.78, 5) is 12.7. The number of carbonyl (C=O) groups excluding carboxylic acids is 1. The van der Waals surface area contributed by atoms with Gasteiger partial charge in [0.2, 0.25) is 0 Å². The van der Waals surface area contributed by atoms with Gasteiger partial charge in [-0.25, -0.2) is 0 Å². The monoisotopic (exact) mass is 408 g/mol. The molecule has 1 unspecified atom stereocenters. The predicted molar refractivity (Wildman–Crippen MR) is 119 cm³/mol. The van der Waals surface area contributed by atoms with Gasteiger partial charge in [-0.2, -0.15) is 0 Å². The molecule has 154 valence electrons. The highest BCUT2D eigenvalue weighted by Crippen LogP contribution is 2.67. The van der Waals surface area contributed by atoms with E-state index in [1.165, 1.54) is 17.5 Å². The van der Waals surface area contributed by atoms with Gasteiger partial charge in [-0.3, -0.25) is 4.79 Å². The van der Waals surface area contributed by atoms with E-state index in [4.69, 9.17) is 9.16 Å². The maximum atomic E-state index is 12.7. The number of ether oxygens (including phenoxy) is 1. The first-order chi connectivity index (χ1) is 13.7. The number of carbonyl (C=O) groups is 1. The van der Waals surface area contributed by atoms with E-state index >= 15 is 0 Å². The molecule has 0 bridgehead atoms. The molecule has 4 atom stereocenters. The van der Waals surface area contributed by atoms with Crippen molar-refractivity contribution in [2.45, 2.75) is 51.7 Å². The summed E-state index contributed by atoms with van der Waals surface area (Å²) in [6.07, 6.45) is 1.92. The summed E-state index contributed by atoms with van der Waals surface area (Å²) in [7, 11) is -1.19. The molecule has 0 saturated heterocycles. The van der Waals surface area contributed by atoms with E-state index in [-0.39, 0.29) is 28.4 Å². The minimum absolute atomic E-state index is 0.0753. The van der Waals surface area contributed by atoms with Crippen LogP contribution in [0, 0.1) is 17.3 Å². The standard InChI is InChI=1S/C25H32O3Si/c1-24(2,3)29(19-12-8-6-9-13-19,20-14-10-7-11-15-20)28-22-21(23(26)27-5)16-18-17-25(18,22)4/h6-15,18,21-22H,16-17H2,1-5H3/t18?,21-,22+,25-/m1/s1. The van der Waals surface area contributed by atoms with Crippen molar-refractivity contribution in [2.24, 2.45) is 17.3 Å². The first kappa shape index (κ1) is 20.4. The van der Waals surface area contributed by atoms with E-state index in [0.717, 1.165) is 12.8 Å². The Labute approximate surface area is 175 Å². The van der Waals surface area contributed by atoms with Crippen molar-refractivity contribution in [3.8, 4) is 0 Å². The quantitative estimate of drug-likeness (QED) is 0.551. The first-order valence-electron chi connectivity index (χ1n) is 10.6. The maximum Gasteiger partial charge on any atom is 0.311 e. The third kappa shape index (κ3) is 3.17. The van der Waals surface area contributed by atoms with Gasteiger partial charge in [-0.15, -0.1) is 0 Å². The molecular weight excluding hydrogens is 376 g/mol. The Bertz CT molecular complexity index is 834. The maximum absolute atomic E-state index is 12.7. The molecule has 29 heavy (non-hydrogen) atoms. The average Bonchev–Trinajstić information content (AvgIpc) is 3.29.